The minimum atomic E-state index is -0.728. The number of hydrogen-bond donors (Lipinski definition) is 3. The summed E-state index contributed by atoms with van der Waals surface area (Å²) < 4.78 is 27.7. The van der Waals surface area contributed by atoms with Gasteiger partial charge in [0.2, 0.25) is 0 Å². The van der Waals surface area contributed by atoms with Crippen LogP contribution in [0.4, 0.5) is 14.5 Å². The maximum absolute atomic E-state index is 14.1. The van der Waals surface area contributed by atoms with E-state index in [1.54, 1.807) is 0 Å². The van der Waals surface area contributed by atoms with Gasteiger partial charge < -0.3 is 10.7 Å². The monoisotopic (exact) mass is 418 g/mol. The van der Waals surface area contributed by atoms with Gasteiger partial charge in [0.25, 0.3) is 0 Å². The summed E-state index contributed by atoms with van der Waals surface area (Å²) in [5, 5.41) is 3.57. The molecule has 0 atom stereocenters. The van der Waals surface area contributed by atoms with Crippen molar-refractivity contribution < 1.29 is 8.78 Å². The van der Waals surface area contributed by atoms with Gasteiger partial charge in [-0.3, -0.25) is 10.4 Å². The predicted octanol–water partition coefficient (Wildman–Crippen LogP) is 2.95. The molecule has 0 saturated heterocycles. The van der Waals surface area contributed by atoms with Crippen LogP contribution in [-0.2, 0) is 6.54 Å². The minimum Gasteiger partial charge on any atom is -0.313 e. The number of hydrogen-bond acceptors (Lipinski definition) is 6. The first-order valence-corrected chi connectivity index (χ1v) is 10.0. The van der Waals surface area contributed by atoms with E-state index in [9.17, 15) is 8.78 Å². The van der Waals surface area contributed by atoms with Gasteiger partial charge in [-0.25, -0.2) is 18.8 Å². The summed E-state index contributed by atoms with van der Waals surface area (Å²) in [6.07, 6.45) is 3.74. The van der Waals surface area contributed by atoms with Crippen LogP contribution < -0.4 is 26.9 Å². The second kappa shape index (κ2) is 7.55. The molecular formula is C23H20F2N6. The van der Waals surface area contributed by atoms with E-state index in [4.69, 9.17) is 0 Å². The highest BCUT2D eigenvalue weighted by atomic mass is 19.1. The standard InChI is InChI=1S/C23H20F2N6/c1-3-26-9-14-10-27-11-17(12(14)2)13-4-5-19-16(6-13)21(31-30-19)23-28-20-8-15(24)7-18(25)22(20)29-23/h4-8,10-11,26,30-31H,3,9H2,1-2H3/b23-21+. The number of pyridine rings is 1. The highest BCUT2D eigenvalue weighted by Gasteiger charge is 2.23. The van der Waals surface area contributed by atoms with Gasteiger partial charge in [0.15, 0.2) is 11.6 Å². The first kappa shape index (κ1) is 19.3. The van der Waals surface area contributed by atoms with E-state index in [0.717, 1.165) is 52.7 Å². The predicted molar refractivity (Wildman–Crippen MR) is 114 cm³/mol. The van der Waals surface area contributed by atoms with Gasteiger partial charge in [-0.05, 0) is 42.3 Å². The molecule has 2 aliphatic rings. The topological polar surface area (TPSA) is 73.7 Å². The zero-order valence-corrected chi connectivity index (χ0v) is 17.1. The Morgan fingerprint density at radius 1 is 1.00 bits per heavy atom. The maximum atomic E-state index is 14.1. The maximum Gasteiger partial charge on any atom is 0.179 e. The van der Waals surface area contributed by atoms with E-state index in [1.165, 1.54) is 6.07 Å². The molecule has 31 heavy (non-hydrogen) atoms. The van der Waals surface area contributed by atoms with Crippen LogP contribution in [0.15, 0.2) is 58.5 Å². The summed E-state index contributed by atoms with van der Waals surface area (Å²) in [6.45, 7) is 5.80. The number of halogens is 2. The summed E-state index contributed by atoms with van der Waals surface area (Å²) in [7, 11) is 0. The third-order valence-corrected chi connectivity index (χ3v) is 5.48. The second-order valence-corrected chi connectivity index (χ2v) is 7.44. The molecule has 1 aromatic heterocycles. The fourth-order valence-corrected chi connectivity index (χ4v) is 3.80. The molecule has 6 nitrogen and oxygen atoms in total. The number of nitrogens with one attached hydrogen (secondary N) is 3. The molecule has 0 saturated carbocycles. The van der Waals surface area contributed by atoms with Gasteiger partial charge in [-0.2, -0.15) is 0 Å². The number of rotatable bonds is 4. The number of fused-ring (bicyclic) bond motifs is 2. The highest BCUT2D eigenvalue weighted by Crippen LogP contribution is 2.35. The van der Waals surface area contributed by atoms with E-state index < -0.39 is 11.6 Å². The Morgan fingerprint density at radius 2 is 1.87 bits per heavy atom. The van der Waals surface area contributed by atoms with Crippen molar-refractivity contribution >= 4 is 11.4 Å². The number of aromatic nitrogens is 1. The Labute approximate surface area is 177 Å². The van der Waals surface area contributed by atoms with Crippen molar-refractivity contribution in [3.8, 4) is 11.1 Å². The van der Waals surface area contributed by atoms with Crippen LogP contribution in [0.2, 0.25) is 0 Å². The van der Waals surface area contributed by atoms with Gasteiger partial charge in [0.05, 0.1) is 11.0 Å². The summed E-state index contributed by atoms with van der Waals surface area (Å²) in [6, 6.07) is 8.00. The van der Waals surface area contributed by atoms with Crippen molar-refractivity contribution in [3.63, 3.8) is 0 Å². The average Bonchev–Trinajstić information content (AvgIpc) is 3.36. The van der Waals surface area contributed by atoms with Crippen molar-refractivity contribution in [2.75, 3.05) is 12.0 Å². The molecule has 0 spiro atoms. The molecule has 3 aromatic rings. The smallest absolute Gasteiger partial charge is 0.179 e. The van der Waals surface area contributed by atoms with E-state index in [-0.39, 0.29) is 10.7 Å². The molecule has 0 unspecified atom stereocenters. The average molecular weight is 418 g/mol. The van der Waals surface area contributed by atoms with Crippen molar-refractivity contribution in [3.05, 3.63) is 87.6 Å². The molecule has 2 aromatic carbocycles. The molecule has 5 rings (SSSR count). The van der Waals surface area contributed by atoms with Gasteiger partial charge in [-0.1, -0.05) is 13.0 Å². The number of benzene rings is 2. The molecule has 156 valence electrons. The Balaban J connectivity index is 1.60. The van der Waals surface area contributed by atoms with Crippen molar-refractivity contribution in [1.82, 2.24) is 15.7 Å². The zero-order chi connectivity index (χ0) is 21.5. The molecule has 8 heteroatoms. The van der Waals surface area contributed by atoms with E-state index in [0.29, 0.717) is 11.5 Å². The third kappa shape index (κ3) is 3.34. The molecule has 0 radical (unpaired) electrons. The second-order valence-electron chi connectivity index (χ2n) is 7.44. The van der Waals surface area contributed by atoms with Crippen LogP contribution in [0.1, 0.15) is 23.6 Å². The number of nitrogens with zero attached hydrogens (tertiary/aromatic N) is 3. The van der Waals surface area contributed by atoms with Gasteiger partial charge in [0, 0.05) is 42.2 Å². The van der Waals surface area contributed by atoms with Crippen LogP contribution in [0.25, 0.3) is 16.8 Å². The molecule has 0 bridgehead atoms. The summed E-state index contributed by atoms with van der Waals surface area (Å²) >= 11 is 0. The molecular weight excluding hydrogens is 398 g/mol. The lowest BCUT2D eigenvalue weighted by Gasteiger charge is -2.12. The van der Waals surface area contributed by atoms with Crippen LogP contribution in [-0.4, -0.2) is 11.5 Å². The van der Waals surface area contributed by atoms with Gasteiger partial charge in [0.1, 0.15) is 16.9 Å². The molecule has 0 aliphatic carbocycles. The Bertz CT molecular complexity index is 1360. The summed E-state index contributed by atoms with van der Waals surface area (Å²) in [4.78, 5) is 13.0. The lowest BCUT2D eigenvalue weighted by atomic mass is 9.96. The van der Waals surface area contributed by atoms with Crippen LogP contribution in [0, 0.1) is 18.6 Å². The van der Waals surface area contributed by atoms with Crippen molar-refractivity contribution in [2.45, 2.75) is 20.4 Å². The Hall–Kier alpha value is -3.65. The molecule has 3 heterocycles. The van der Waals surface area contributed by atoms with Crippen LogP contribution in [0.5, 0.6) is 0 Å². The van der Waals surface area contributed by atoms with Crippen molar-refractivity contribution in [1.29, 1.82) is 0 Å². The lowest BCUT2D eigenvalue weighted by Crippen LogP contribution is -2.25. The first-order valence-electron chi connectivity index (χ1n) is 10.0. The van der Waals surface area contributed by atoms with Gasteiger partial charge in [-0.15, -0.1) is 0 Å². The molecule has 2 aliphatic heterocycles. The first-order chi connectivity index (χ1) is 15.0. The fraction of sp³-hybridized carbons (Fsp3) is 0.174. The Kier molecular flexibility index (Phi) is 4.71. The zero-order valence-electron chi connectivity index (χ0n) is 17.1. The normalized spacial score (nSPS) is 16.1. The fourth-order valence-electron chi connectivity index (χ4n) is 3.80. The van der Waals surface area contributed by atoms with Crippen LogP contribution in [0.3, 0.4) is 0 Å². The number of hydrazine groups is 1. The largest absolute Gasteiger partial charge is 0.313 e. The quantitative estimate of drug-likeness (QED) is 0.609. The van der Waals surface area contributed by atoms with Crippen LogP contribution >= 0.6 is 0 Å². The minimum absolute atomic E-state index is 0.0477. The van der Waals surface area contributed by atoms with Gasteiger partial charge >= 0.3 is 0 Å². The van der Waals surface area contributed by atoms with E-state index in [2.05, 4.69) is 45.0 Å². The lowest BCUT2D eigenvalue weighted by molar-refractivity contribution is 0.571. The van der Waals surface area contributed by atoms with E-state index >= 15 is 0 Å². The summed E-state index contributed by atoms with van der Waals surface area (Å²) in [5.41, 5.74) is 12.8. The highest BCUT2D eigenvalue weighted by molar-refractivity contribution is 5.86. The molecule has 3 N–H and O–H groups in total. The molecule has 0 amide bonds. The van der Waals surface area contributed by atoms with Crippen molar-refractivity contribution in [2.24, 2.45) is 9.98 Å². The Morgan fingerprint density at radius 3 is 2.71 bits per heavy atom. The number of anilines is 1. The molecule has 0 fully saturated rings. The summed E-state index contributed by atoms with van der Waals surface area (Å²) in [5.74, 6) is -1.10. The third-order valence-electron chi connectivity index (χ3n) is 5.48. The van der Waals surface area contributed by atoms with E-state index in [1.807, 2.05) is 30.6 Å². The SMILES string of the molecule is CCNCc1cncc(-c2ccc3c(c2)/C(=C2/N=c4cc(F)cc(F)c4=N2)NN3)c1C.